The van der Waals surface area contributed by atoms with E-state index in [0.29, 0.717) is 6.42 Å². The first kappa shape index (κ1) is 17.8. The van der Waals surface area contributed by atoms with Crippen LogP contribution in [0, 0.1) is 5.92 Å². The molecule has 1 amide bonds. The Morgan fingerprint density at radius 3 is 2.43 bits per heavy atom. The number of benzene rings is 1. The number of likely N-dealkylation sites (tertiary alicyclic amines) is 1. The number of amides is 1. The van der Waals surface area contributed by atoms with Crippen LogP contribution in [-0.2, 0) is 16.1 Å². The molecule has 1 aliphatic heterocycles. The summed E-state index contributed by atoms with van der Waals surface area (Å²) in [6.07, 6.45) is 2.00. The summed E-state index contributed by atoms with van der Waals surface area (Å²) in [6, 6.07) is 7.89. The molecule has 1 unspecified atom stereocenters. The second kappa shape index (κ2) is 8.31. The minimum absolute atomic E-state index is 0.0670. The number of aliphatic carboxylic acids is 1. The molecule has 0 aliphatic carbocycles. The van der Waals surface area contributed by atoms with Crippen molar-refractivity contribution < 1.29 is 14.7 Å². The normalized spacial score (nSPS) is 17.7. The molecular formula is C17H23ClN2O3. The van der Waals surface area contributed by atoms with Gasteiger partial charge in [-0.05, 0) is 37.0 Å². The molecule has 1 aromatic carbocycles. The van der Waals surface area contributed by atoms with E-state index in [1.807, 2.05) is 24.3 Å². The van der Waals surface area contributed by atoms with Gasteiger partial charge in [0.05, 0.1) is 0 Å². The minimum atomic E-state index is -1.05. The average molecular weight is 339 g/mol. The lowest BCUT2D eigenvalue weighted by molar-refractivity contribution is -0.147. The number of nitrogens with one attached hydrogen (secondary N) is 1. The molecule has 5 nitrogen and oxygen atoms in total. The van der Waals surface area contributed by atoms with E-state index < -0.39 is 11.9 Å². The van der Waals surface area contributed by atoms with E-state index in [9.17, 15) is 9.59 Å². The molecule has 0 aromatic heterocycles. The molecule has 1 saturated heterocycles. The summed E-state index contributed by atoms with van der Waals surface area (Å²) in [7, 11) is 0. The van der Waals surface area contributed by atoms with E-state index in [2.05, 4.69) is 10.2 Å². The van der Waals surface area contributed by atoms with Crippen molar-refractivity contribution in [3.63, 3.8) is 0 Å². The molecule has 0 spiro atoms. The Morgan fingerprint density at radius 2 is 1.91 bits per heavy atom. The van der Waals surface area contributed by atoms with Crippen molar-refractivity contribution in [2.24, 2.45) is 5.92 Å². The van der Waals surface area contributed by atoms with E-state index in [1.54, 1.807) is 6.92 Å². The summed E-state index contributed by atoms with van der Waals surface area (Å²) in [5.41, 5.74) is 1.22. The first-order valence-electron chi connectivity index (χ1n) is 7.99. The number of carbonyl (C=O) groups is 2. The van der Waals surface area contributed by atoms with Crippen molar-refractivity contribution >= 4 is 23.5 Å². The second-order valence-electron chi connectivity index (χ2n) is 5.98. The lowest BCUT2D eigenvalue weighted by atomic mass is 10.0. The van der Waals surface area contributed by atoms with Crippen LogP contribution in [0.4, 0.5) is 0 Å². The fourth-order valence-corrected chi connectivity index (χ4v) is 2.98. The van der Waals surface area contributed by atoms with Gasteiger partial charge in [-0.2, -0.15) is 0 Å². The van der Waals surface area contributed by atoms with E-state index in [0.717, 1.165) is 37.5 Å². The van der Waals surface area contributed by atoms with E-state index >= 15 is 0 Å². The standard InChI is InChI=1S/C17H23ClN2O3/c1-2-15(17(22)23)16(21)19-14-7-9-20(10-8-14)11-12-3-5-13(18)6-4-12/h3-6,14-15H,2,7-11H2,1H3,(H,19,21)(H,22,23). The highest BCUT2D eigenvalue weighted by molar-refractivity contribution is 6.30. The first-order valence-corrected chi connectivity index (χ1v) is 8.37. The smallest absolute Gasteiger partial charge is 0.316 e. The summed E-state index contributed by atoms with van der Waals surface area (Å²) in [4.78, 5) is 25.3. The average Bonchev–Trinajstić information content (AvgIpc) is 2.52. The Morgan fingerprint density at radius 1 is 1.30 bits per heavy atom. The van der Waals surface area contributed by atoms with Crippen LogP contribution in [0.3, 0.4) is 0 Å². The Kier molecular flexibility index (Phi) is 6.42. The van der Waals surface area contributed by atoms with Crippen LogP contribution in [0.2, 0.25) is 5.02 Å². The van der Waals surface area contributed by atoms with Gasteiger partial charge < -0.3 is 10.4 Å². The van der Waals surface area contributed by atoms with Crippen LogP contribution in [0.15, 0.2) is 24.3 Å². The summed E-state index contributed by atoms with van der Waals surface area (Å²) in [5.74, 6) is -2.36. The Labute approximate surface area is 141 Å². The third kappa shape index (κ3) is 5.22. The third-order valence-corrected chi connectivity index (χ3v) is 4.53. The predicted molar refractivity (Wildman–Crippen MR) is 89.3 cm³/mol. The number of carboxylic acids is 1. The van der Waals surface area contributed by atoms with Gasteiger partial charge in [-0.25, -0.2) is 0 Å². The molecule has 2 rings (SSSR count). The maximum absolute atomic E-state index is 12.0. The van der Waals surface area contributed by atoms with Crippen LogP contribution in [0.1, 0.15) is 31.7 Å². The van der Waals surface area contributed by atoms with Crippen molar-refractivity contribution in [2.45, 2.75) is 38.8 Å². The molecule has 0 radical (unpaired) electrons. The Balaban J connectivity index is 1.78. The number of halogens is 1. The lowest BCUT2D eigenvalue weighted by Crippen LogP contribution is -2.47. The highest BCUT2D eigenvalue weighted by Gasteiger charge is 2.27. The van der Waals surface area contributed by atoms with Crippen LogP contribution in [0.5, 0.6) is 0 Å². The number of nitrogens with zero attached hydrogens (tertiary/aromatic N) is 1. The molecule has 23 heavy (non-hydrogen) atoms. The van der Waals surface area contributed by atoms with Crippen molar-refractivity contribution in [1.82, 2.24) is 10.2 Å². The highest BCUT2D eigenvalue weighted by Crippen LogP contribution is 2.16. The molecule has 126 valence electrons. The predicted octanol–water partition coefficient (Wildman–Crippen LogP) is 2.53. The monoisotopic (exact) mass is 338 g/mol. The van der Waals surface area contributed by atoms with Crippen LogP contribution in [0.25, 0.3) is 0 Å². The topological polar surface area (TPSA) is 69.6 Å². The SMILES string of the molecule is CCC(C(=O)O)C(=O)NC1CCN(Cc2ccc(Cl)cc2)CC1. The van der Waals surface area contributed by atoms with E-state index in [1.165, 1.54) is 5.56 Å². The van der Waals surface area contributed by atoms with Crippen molar-refractivity contribution in [2.75, 3.05) is 13.1 Å². The molecule has 6 heteroatoms. The molecule has 0 bridgehead atoms. The number of rotatable bonds is 6. The van der Waals surface area contributed by atoms with Gasteiger partial charge in [0, 0.05) is 30.7 Å². The van der Waals surface area contributed by atoms with Crippen LogP contribution in [-0.4, -0.2) is 41.0 Å². The van der Waals surface area contributed by atoms with Gasteiger partial charge in [0.1, 0.15) is 5.92 Å². The van der Waals surface area contributed by atoms with Gasteiger partial charge in [0.25, 0.3) is 0 Å². The number of carboxylic acid groups (broad SMARTS) is 1. The van der Waals surface area contributed by atoms with Crippen LogP contribution < -0.4 is 5.32 Å². The van der Waals surface area contributed by atoms with Gasteiger partial charge in [-0.1, -0.05) is 30.7 Å². The number of piperidine rings is 1. The highest BCUT2D eigenvalue weighted by atomic mass is 35.5. The van der Waals surface area contributed by atoms with Crippen molar-refractivity contribution in [3.8, 4) is 0 Å². The summed E-state index contributed by atoms with van der Waals surface area (Å²) >= 11 is 5.89. The summed E-state index contributed by atoms with van der Waals surface area (Å²) < 4.78 is 0. The Hall–Kier alpha value is -1.59. The molecule has 1 heterocycles. The zero-order valence-corrected chi connectivity index (χ0v) is 14.1. The summed E-state index contributed by atoms with van der Waals surface area (Å²) in [5, 5.41) is 12.6. The van der Waals surface area contributed by atoms with Crippen molar-refractivity contribution in [1.29, 1.82) is 0 Å². The minimum Gasteiger partial charge on any atom is -0.481 e. The zero-order chi connectivity index (χ0) is 16.8. The summed E-state index contributed by atoms with van der Waals surface area (Å²) in [6.45, 7) is 4.35. The van der Waals surface area contributed by atoms with Crippen molar-refractivity contribution in [3.05, 3.63) is 34.9 Å². The van der Waals surface area contributed by atoms with E-state index in [4.69, 9.17) is 16.7 Å². The molecular weight excluding hydrogens is 316 g/mol. The molecule has 1 fully saturated rings. The molecule has 2 N–H and O–H groups in total. The molecule has 1 aromatic rings. The lowest BCUT2D eigenvalue weighted by Gasteiger charge is -2.32. The number of hydrogen-bond donors (Lipinski definition) is 2. The zero-order valence-electron chi connectivity index (χ0n) is 13.3. The van der Waals surface area contributed by atoms with Gasteiger partial charge in [-0.3, -0.25) is 14.5 Å². The number of hydrogen-bond acceptors (Lipinski definition) is 3. The molecule has 1 atom stereocenters. The van der Waals surface area contributed by atoms with Gasteiger partial charge in [-0.15, -0.1) is 0 Å². The van der Waals surface area contributed by atoms with Gasteiger partial charge >= 0.3 is 5.97 Å². The fraction of sp³-hybridized carbons (Fsp3) is 0.529. The maximum Gasteiger partial charge on any atom is 0.316 e. The van der Waals surface area contributed by atoms with Gasteiger partial charge in [0.15, 0.2) is 0 Å². The first-order chi connectivity index (χ1) is 11.0. The molecule has 1 aliphatic rings. The number of carbonyl (C=O) groups excluding carboxylic acids is 1. The maximum atomic E-state index is 12.0. The van der Waals surface area contributed by atoms with Gasteiger partial charge in [0.2, 0.25) is 5.91 Å². The molecule has 0 saturated carbocycles. The van der Waals surface area contributed by atoms with Crippen LogP contribution >= 0.6 is 11.6 Å². The quantitative estimate of drug-likeness (QED) is 0.782. The second-order valence-corrected chi connectivity index (χ2v) is 6.42. The largest absolute Gasteiger partial charge is 0.481 e. The third-order valence-electron chi connectivity index (χ3n) is 4.28. The van der Waals surface area contributed by atoms with E-state index in [-0.39, 0.29) is 11.9 Å². The fourth-order valence-electron chi connectivity index (χ4n) is 2.86. The Bertz CT molecular complexity index is 539.